The third-order valence-corrected chi connectivity index (χ3v) is 3.89. The van der Waals surface area contributed by atoms with Crippen LogP contribution < -0.4 is 11.1 Å². The van der Waals surface area contributed by atoms with E-state index in [4.69, 9.17) is 11.0 Å². The molecule has 3 N–H and O–H groups in total. The minimum atomic E-state index is 0.376. The summed E-state index contributed by atoms with van der Waals surface area (Å²) in [5, 5.41) is 12.3. The summed E-state index contributed by atoms with van der Waals surface area (Å²) >= 11 is 3.40. The van der Waals surface area contributed by atoms with Gasteiger partial charge in [-0.05, 0) is 59.8 Å². The third kappa shape index (κ3) is 3.21. The Hall–Kier alpha value is -1.05. The summed E-state index contributed by atoms with van der Waals surface area (Å²) in [6.45, 7) is 0. The highest BCUT2D eigenvalue weighted by Gasteiger charge is 2.18. The first-order valence-corrected chi connectivity index (χ1v) is 6.70. The molecule has 1 aliphatic carbocycles. The maximum Gasteiger partial charge on any atom is 0.100 e. The van der Waals surface area contributed by atoms with Crippen molar-refractivity contribution in [2.75, 3.05) is 5.32 Å². The van der Waals surface area contributed by atoms with E-state index in [1.807, 2.05) is 18.2 Å². The van der Waals surface area contributed by atoms with Crippen molar-refractivity contribution in [2.24, 2.45) is 5.73 Å². The molecule has 1 aromatic carbocycles. The van der Waals surface area contributed by atoms with E-state index in [1.54, 1.807) is 0 Å². The lowest BCUT2D eigenvalue weighted by molar-refractivity contribution is 0.411. The fourth-order valence-corrected chi connectivity index (χ4v) is 2.66. The number of nitrogens with two attached hydrogens (primary N) is 1. The highest BCUT2D eigenvalue weighted by Crippen LogP contribution is 2.25. The van der Waals surface area contributed by atoms with Gasteiger partial charge < -0.3 is 11.1 Å². The Bertz CT molecular complexity index is 431. The summed E-state index contributed by atoms with van der Waals surface area (Å²) in [5.41, 5.74) is 7.61. The summed E-state index contributed by atoms with van der Waals surface area (Å²) in [6, 6.07) is 8.78. The van der Waals surface area contributed by atoms with E-state index in [-0.39, 0.29) is 0 Å². The smallest absolute Gasteiger partial charge is 0.100 e. The van der Waals surface area contributed by atoms with E-state index in [1.165, 1.54) is 0 Å². The van der Waals surface area contributed by atoms with Gasteiger partial charge in [0.25, 0.3) is 0 Å². The average molecular weight is 294 g/mol. The second-order valence-electron chi connectivity index (χ2n) is 4.56. The van der Waals surface area contributed by atoms with Crippen molar-refractivity contribution in [1.82, 2.24) is 0 Å². The second kappa shape index (κ2) is 5.52. The number of rotatable bonds is 2. The van der Waals surface area contributed by atoms with Gasteiger partial charge in [0.15, 0.2) is 0 Å². The molecule has 0 unspecified atom stereocenters. The Morgan fingerprint density at radius 2 is 2.00 bits per heavy atom. The van der Waals surface area contributed by atoms with Crippen molar-refractivity contribution in [1.29, 1.82) is 5.26 Å². The van der Waals surface area contributed by atoms with Crippen molar-refractivity contribution in [3.05, 3.63) is 28.2 Å². The van der Waals surface area contributed by atoms with Crippen LogP contribution in [0.15, 0.2) is 22.7 Å². The first-order chi connectivity index (χ1) is 8.19. The Morgan fingerprint density at radius 1 is 1.29 bits per heavy atom. The van der Waals surface area contributed by atoms with Crippen LogP contribution in [0.4, 0.5) is 5.69 Å². The molecule has 2 rings (SSSR count). The summed E-state index contributed by atoms with van der Waals surface area (Å²) in [4.78, 5) is 0. The Labute approximate surface area is 110 Å². The van der Waals surface area contributed by atoms with Crippen molar-refractivity contribution in [3.8, 4) is 6.07 Å². The van der Waals surface area contributed by atoms with E-state index < -0.39 is 0 Å². The third-order valence-electron chi connectivity index (χ3n) is 3.23. The number of nitriles is 1. The molecule has 0 radical (unpaired) electrons. The van der Waals surface area contributed by atoms with E-state index in [0.717, 1.165) is 35.8 Å². The molecular formula is C13H16BrN3. The second-order valence-corrected chi connectivity index (χ2v) is 5.42. The number of hydrogen-bond donors (Lipinski definition) is 2. The molecule has 0 amide bonds. The van der Waals surface area contributed by atoms with Gasteiger partial charge in [-0.15, -0.1) is 0 Å². The number of nitrogens with one attached hydrogen (secondary N) is 1. The highest BCUT2D eigenvalue weighted by molar-refractivity contribution is 9.10. The Morgan fingerprint density at radius 3 is 2.59 bits per heavy atom. The molecule has 1 aliphatic rings. The maximum absolute atomic E-state index is 8.85. The van der Waals surface area contributed by atoms with Crippen LogP contribution in [0.25, 0.3) is 0 Å². The first kappa shape index (κ1) is 12.4. The molecular weight excluding hydrogens is 278 g/mol. The molecule has 0 atom stereocenters. The van der Waals surface area contributed by atoms with Gasteiger partial charge in [-0.25, -0.2) is 0 Å². The van der Waals surface area contributed by atoms with Crippen LogP contribution in [0.1, 0.15) is 31.2 Å². The minimum Gasteiger partial charge on any atom is -0.382 e. The summed E-state index contributed by atoms with van der Waals surface area (Å²) < 4.78 is 0.845. The molecule has 0 bridgehead atoms. The molecule has 0 saturated heterocycles. The van der Waals surface area contributed by atoms with E-state index in [9.17, 15) is 0 Å². The van der Waals surface area contributed by atoms with Gasteiger partial charge in [-0.2, -0.15) is 5.26 Å². The molecule has 17 heavy (non-hydrogen) atoms. The predicted octanol–water partition coefficient (Wildman–Crippen LogP) is 3.00. The minimum absolute atomic E-state index is 0.376. The van der Waals surface area contributed by atoms with Crippen LogP contribution in [0.3, 0.4) is 0 Å². The maximum atomic E-state index is 8.85. The standard InChI is InChI=1S/C13H16BrN3/c14-13-7-12(4-1-9(13)8-15)17-11-5-2-10(16)3-6-11/h1,4,7,10-11,17H,2-3,5-6,16H2. The van der Waals surface area contributed by atoms with Crippen LogP contribution in [-0.4, -0.2) is 12.1 Å². The zero-order valence-corrected chi connectivity index (χ0v) is 11.2. The van der Waals surface area contributed by atoms with E-state index in [0.29, 0.717) is 17.6 Å². The van der Waals surface area contributed by atoms with Crippen LogP contribution in [-0.2, 0) is 0 Å². The van der Waals surface area contributed by atoms with Crippen LogP contribution >= 0.6 is 15.9 Å². The number of anilines is 1. The van der Waals surface area contributed by atoms with Crippen molar-refractivity contribution in [3.63, 3.8) is 0 Å². The van der Waals surface area contributed by atoms with Crippen molar-refractivity contribution >= 4 is 21.6 Å². The Kier molecular flexibility index (Phi) is 4.03. The molecule has 0 aromatic heterocycles. The number of benzene rings is 1. The predicted molar refractivity (Wildman–Crippen MR) is 72.7 cm³/mol. The fraction of sp³-hybridized carbons (Fsp3) is 0.462. The van der Waals surface area contributed by atoms with Gasteiger partial charge in [0.1, 0.15) is 6.07 Å². The quantitative estimate of drug-likeness (QED) is 0.881. The SMILES string of the molecule is N#Cc1ccc(NC2CCC(N)CC2)cc1Br. The molecule has 1 saturated carbocycles. The van der Waals surface area contributed by atoms with Crippen LogP contribution in [0.2, 0.25) is 0 Å². The molecule has 90 valence electrons. The summed E-state index contributed by atoms with van der Waals surface area (Å²) in [5.74, 6) is 0. The topological polar surface area (TPSA) is 61.8 Å². The van der Waals surface area contributed by atoms with Crippen LogP contribution in [0, 0.1) is 11.3 Å². The Balaban J connectivity index is 2.00. The van der Waals surface area contributed by atoms with Gasteiger partial charge >= 0.3 is 0 Å². The zero-order chi connectivity index (χ0) is 12.3. The van der Waals surface area contributed by atoms with Gasteiger partial charge in [0.2, 0.25) is 0 Å². The van der Waals surface area contributed by atoms with Crippen molar-refractivity contribution in [2.45, 2.75) is 37.8 Å². The number of hydrogen-bond acceptors (Lipinski definition) is 3. The lowest BCUT2D eigenvalue weighted by Crippen LogP contribution is -2.32. The molecule has 3 nitrogen and oxygen atoms in total. The van der Waals surface area contributed by atoms with E-state index >= 15 is 0 Å². The lowest BCUT2D eigenvalue weighted by Gasteiger charge is -2.27. The highest BCUT2D eigenvalue weighted by atomic mass is 79.9. The van der Waals surface area contributed by atoms with Crippen LogP contribution in [0.5, 0.6) is 0 Å². The lowest BCUT2D eigenvalue weighted by atomic mass is 9.91. The largest absolute Gasteiger partial charge is 0.382 e. The normalized spacial score (nSPS) is 24.1. The summed E-state index contributed by atoms with van der Waals surface area (Å²) in [7, 11) is 0. The molecule has 0 heterocycles. The monoisotopic (exact) mass is 293 g/mol. The fourth-order valence-electron chi connectivity index (χ4n) is 2.19. The molecule has 1 fully saturated rings. The van der Waals surface area contributed by atoms with Crippen molar-refractivity contribution < 1.29 is 0 Å². The number of halogens is 1. The molecule has 4 heteroatoms. The van der Waals surface area contributed by atoms with Gasteiger partial charge in [-0.1, -0.05) is 0 Å². The first-order valence-electron chi connectivity index (χ1n) is 5.91. The van der Waals surface area contributed by atoms with Gasteiger partial charge in [0.05, 0.1) is 5.56 Å². The average Bonchev–Trinajstić information content (AvgIpc) is 2.32. The van der Waals surface area contributed by atoms with E-state index in [2.05, 4.69) is 27.3 Å². The zero-order valence-electron chi connectivity index (χ0n) is 9.62. The molecule has 0 spiro atoms. The molecule has 0 aliphatic heterocycles. The summed E-state index contributed by atoms with van der Waals surface area (Å²) in [6.07, 6.45) is 4.43. The number of nitrogens with zero attached hydrogens (tertiary/aromatic N) is 1. The van der Waals surface area contributed by atoms with Gasteiger partial charge in [0, 0.05) is 22.2 Å². The molecule has 1 aromatic rings. The van der Waals surface area contributed by atoms with Gasteiger partial charge in [-0.3, -0.25) is 0 Å².